The van der Waals surface area contributed by atoms with Crippen LogP contribution in [-0.2, 0) is 12.7 Å². The Morgan fingerprint density at radius 1 is 1.07 bits per heavy atom. The van der Waals surface area contributed by atoms with E-state index in [2.05, 4.69) is 25.4 Å². The number of anilines is 2. The first kappa shape index (κ1) is 17.7. The van der Waals surface area contributed by atoms with Crippen molar-refractivity contribution in [2.75, 3.05) is 11.1 Å². The number of rotatable bonds is 4. The Balaban J connectivity index is 1.59. The van der Waals surface area contributed by atoms with Gasteiger partial charge in [-0.25, -0.2) is 19.5 Å². The zero-order chi connectivity index (χ0) is 19.7. The third-order valence-electron chi connectivity index (χ3n) is 4.07. The van der Waals surface area contributed by atoms with Gasteiger partial charge in [0.05, 0.1) is 16.8 Å². The summed E-state index contributed by atoms with van der Waals surface area (Å²) in [5.74, 6) is 0.707. The molecule has 0 unspecified atom stereocenters. The van der Waals surface area contributed by atoms with E-state index < -0.39 is 11.7 Å². The van der Waals surface area contributed by atoms with E-state index in [0.717, 1.165) is 12.1 Å². The maximum Gasteiger partial charge on any atom is 0.416 e. The van der Waals surface area contributed by atoms with Gasteiger partial charge in [-0.2, -0.15) is 13.2 Å². The molecule has 28 heavy (non-hydrogen) atoms. The van der Waals surface area contributed by atoms with Gasteiger partial charge in [0.2, 0.25) is 0 Å². The van der Waals surface area contributed by atoms with Crippen molar-refractivity contribution in [3.8, 4) is 11.3 Å². The summed E-state index contributed by atoms with van der Waals surface area (Å²) in [7, 11) is 0. The van der Waals surface area contributed by atoms with Crippen LogP contribution in [0.2, 0.25) is 0 Å². The monoisotopic (exact) mass is 385 g/mol. The first-order valence-corrected chi connectivity index (χ1v) is 8.23. The molecule has 0 fully saturated rings. The topological polar surface area (TPSA) is 94.0 Å². The lowest BCUT2D eigenvalue weighted by Crippen LogP contribution is -2.07. The summed E-state index contributed by atoms with van der Waals surface area (Å²) in [6.45, 7) is 0.170. The molecule has 1 aromatic carbocycles. The molecule has 0 spiro atoms. The van der Waals surface area contributed by atoms with Crippen LogP contribution in [0.4, 0.5) is 24.8 Å². The molecule has 0 aliphatic rings. The molecule has 0 aliphatic carbocycles. The summed E-state index contributed by atoms with van der Waals surface area (Å²) in [6, 6.07) is 8.49. The number of fused-ring (bicyclic) bond motifs is 1. The maximum atomic E-state index is 12.8. The Labute approximate surface area is 157 Å². The minimum Gasteiger partial charge on any atom is -0.382 e. The van der Waals surface area contributed by atoms with E-state index in [1.165, 1.54) is 12.4 Å². The molecule has 10 heteroatoms. The van der Waals surface area contributed by atoms with Crippen molar-refractivity contribution in [2.24, 2.45) is 0 Å². The number of hydrogen-bond acceptors (Lipinski definition) is 6. The highest BCUT2D eigenvalue weighted by molar-refractivity contribution is 5.84. The van der Waals surface area contributed by atoms with E-state index in [9.17, 15) is 13.2 Å². The molecule has 4 aromatic rings. The molecule has 4 rings (SSSR count). The molecular formula is C18H14F3N7. The van der Waals surface area contributed by atoms with Gasteiger partial charge in [0, 0.05) is 25.0 Å². The van der Waals surface area contributed by atoms with Crippen LogP contribution in [0.3, 0.4) is 0 Å². The summed E-state index contributed by atoms with van der Waals surface area (Å²) in [5, 5.41) is 7.19. The fourth-order valence-corrected chi connectivity index (χ4v) is 2.79. The molecule has 0 amide bonds. The number of nitrogens with two attached hydrogens (primary N) is 1. The van der Waals surface area contributed by atoms with E-state index in [-0.39, 0.29) is 12.4 Å². The average molecular weight is 385 g/mol. The Morgan fingerprint density at radius 3 is 2.75 bits per heavy atom. The predicted octanol–water partition coefficient (Wildman–Crippen LogP) is 3.40. The molecule has 0 saturated heterocycles. The summed E-state index contributed by atoms with van der Waals surface area (Å²) >= 11 is 0. The van der Waals surface area contributed by atoms with Crippen LogP contribution in [-0.4, -0.2) is 24.6 Å². The van der Waals surface area contributed by atoms with Gasteiger partial charge in [-0.05, 0) is 23.8 Å². The zero-order valence-electron chi connectivity index (χ0n) is 14.4. The third-order valence-corrected chi connectivity index (χ3v) is 4.07. The van der Waals surface area contributed by atoms with Gasteiger partial charge >= 0.3 is 6.18 Å². The fourth-order valence-electron chi connectivity index (χ4n) is 2.79. The predicted molar refractivity (Wildman–Crippen MR) is 97.2 cm³/mol. The van der Waals surface area contributed by atoms with E-state index >= 15 is 0 Å². The van der Waals surface area contributed by atoms with Crippen LogP contribution in [0.15, 0.2) is 55.1 Å². The lowest BCUT2D eigenvalue weighted by molar-refractivity contribution is -0.137. The molecule has 0 radical (unpaired) electrons. The van der Waals surface area contributed by atoms with Crippen LogP contribution in [0.25, 0.3) is 16.9 Å². The lowest BCUT2D eigenvalue weighted by atomic mass is 10.1. The van der Waals surface area contributed by atoms with Crippen molar-refractivity contribution in [2.45, 2.75) is 12.7 Å². The Kier molecular flexibility index (Phi) is 4.30. The molecule has 0 aliphatic heterocycles. The number of benzene rings is 1. The van der Waals surface area contributed by atoms with Crippen molar-refractivity contribution in [1.29, 1.82) is 0 Å². The van der Waals surface area contributed by atoms with Crippen LogP contribution in [0.1, 0.15) is 11.1 Å². The standard InChI is InChI=1S/C18H14F3N7/c19-18(20,21)12-4-1-3-11(7-12)9-24-14-8-13(25-10-26-14)15-16(22)27-28-6-2-5-23-17(15)28/h1-8,10H,9H2,(H2,22,27)(H,24,25,26). The molecule has 7 nitrogen and oxygen atoms in total. The van der Waals surface area contributed by atoms with Gasteiger partial charge in [-0.3, -0.25) is 0 Å². The van der Waals surface area contributed by atoms with Crippen LogP contribution >= 0.6 is 0 Å². The van der Waals surface area contributed by atoms with Gasteiger partial charge in [-0.15, -0.1) is 5.10 Å². The van der Waals surface area contributed by atoms with Gasteiger partial charge in [-0.1, -0.05) is 12.1 Å². The molecule has 142 valence electrons. The Bertz CT molecular complexity index is 1140. The normalized spacial score (nSPS) is 11.7. The molecule has 0 bridgehead atoms. The van der Waals surface area contributed by atoms with Crippen molar-refractivity contribution in [1.82, 2.24) is 24.6 Å². The van der Waals surface area contributed by atoms with E-state index in [1.807, 2.05) is 0 Å². The Morgan fingerprint density at radius 2 is 1.93 bits per heavy atom. The number of halogens is 3. The van der Waals surface area contributed by atoms with Crippen LogP contribution < -0.4 is 11.1 Å². The summed E-state index contributed by atoms with van der Waals surface area (Å²) in [5.41, 5.74) is 7.39. The second-order valence-electron chi connectivity index (χ2n) is 5.99. The van der Waals surface area contributed by atoms with Crippen LogP contribution in [0.5, 0.6) is 0 Å². The zero-order valence-corrected chi connectivity index (χ0v) is 14.4. The minimum absolute atomic E-state index is 0.170. The number of alkyl halides is 3. The summed E-state index contributed by atoms with van der Waals surface area (Å²) in [4.78, 5) is 12.6. The van der Waals surface area contributed by atoms with E-state index in [1.54, 1.807) is 35.1 Å². The fraction of sp³-hybridized carbons (Fsp3) is 0.111. The number of nitrogens with zero attached hydrogens (tertiary/aromatic N) is 5. The van der Waals surface area contributed by atoms with E-state index in [4.69, 9.17) is 5.73 Å². The Hall–Kier alpha value is -3.69. The SMILES string of the molecule is Nc1nn2cccnc2c1-c1cc(NCc2cccc(C(F)(F)F)c2)ncn1. The quantitative estimate of drug-likeness (QED) is 0.559. The van der Waals surface area contributed by atoms with Gasteiger partial charge in [0.25, 0.3) is 0 Å². The molecule has 3 aromatic heterocycles. The number of aromatic nitrogens is 5. The highest BCUT2D eigenvalue weighted by atomic mass is 19.4. The lowest BCUT2D eigenvalue weighted by Gasteiger charge is -2.10. The summed E-state index contributed by atoms with van der Waals surface area (Å²) < 4.78 is 40.1. The molecule has 3 N–H and O–H groups in total. The minimum atomic E-state index is -4.38. The highest BCUT2D eigenvalue weighted by Gasteiger charge is 2.30. The van der Waals surface area contributed by atoms with Crippen LogP contribution in [0, 0.1) is 0 Å². The molecular weight excluding hydrogens is 371 g/mol. The number of nitrogens with one attached hydrogen (secondary N) is 1. The molecule has 3 heterocycles. The van der Waals surface area contributed by atoms with Gasteiger partial charge in [0.1, 0.15) is 12.1 Å². The largest absolute Gasteiger partial charge is 0.416 e. The first-order valence-electron chi connectivity index (χ1n) is 8.23. The van der Waals surface area contributed by atoms with Crippen molar-refractivity contribution in [3.63, 3.8) is 0 Å². The number of hydrogen-bond donors (Lipinski definition) is 2. The van der Waals surface area contributed by atoms with Gasteiger partial charge in [0.15, 0.2) is 11.5 Å². The smallest absolute Gasteiger partial charge is 0.382 e. The van der Waals surface area contributed by atoms with E-state index in [0.29, 0.717) is 28.3 Å². The first-order chi connectivity index (χ1) is 13.4. The summed E-state index contributed by atoms with van der Waals surface area (Å²) in [6.07, 6.45) is 0.298. The van der Waals surface area contributed by atoms with Crippen molar-refractivity contribution in [3.05, 3.63) is 66.2 Å². The van der Waals surface area contributed by atoms with Crippen molar-refractivity contribution < 1.29 is 13.2 Å². The highest BCUT2D eigenvalue weighted by Crippen LogP contribution is 2.30. The van der Waals surface area contributed by atoms with Gasteiger partial charge < -0.3 is 11.1 Å². The maximum absolute atomic E-state index is 12.8. The molecule has 0 saturated carbocycles. The number of nitrogen functional groups attached to an aromatic ring is 1. The molecule has 0 atom stereocenters. The second-order valence-corrected chi connectivity index (χ2v) is 5.99. The second kappa shape index (κ2) is 6.80. The van der Waals surface area contributed by atoms with Crippen molar-refractivity contribution >= 4 is 17.3 Å². The third kappa shape index (κ3) is 3.43. The average Bonchev–Trinajstić information content (AvgIpc) is 3.02.